The van der Waals surface area contributed by atoms with Gasteiger partial charge in [0.2, 0.25) is 0 Å². The summed E-state index contributed by atoms with van der Waals surface area (Å²) in [5, 5.41) is 11.2. The highest BCUT2D eigenvalue weighted by Crippen LogP contribution is 2.47. The molecule has 2 aromatic carbocycles. The molecule has 5 N–H and O–H groups in total. The molecule has 0 spiro atoms. The van der Waals surface area contributed by atoms with E-state index >= 15 is 0 Å². The molecule has 0 saturated heterocycles. The fraction of sp³-hybridized carbons (Fsp3) is 0.657. The second-order valence-electron chi connectivity index (χ2n) is 12.4. The number of hydrogen-bond donors (Lipinski definition) is 5. The van der Waals surface area contributed by atoms with Gasteiger partial charge >= 0.3 is 17.2 Å². The molecular formula is C35H58O8P2. The number of benzene rings is 2. The zero-order valence-corrected chi connectivity index (χ0v) is 30.1. The minimum atomic E-state index is -2.76. The fourth-order valence-corrected chi connectivity index (χ4v) is 6.72. The first kappa shape index (κ1) is 40.0. The summed E-state index contributed by atoms with van der Waals surface area (Å²) in [7, 11) is -5.53. The third kappa shape index (κ3) is 12.4. The van der Waals surface area contributed by atoms with Crippen LogP contribution >= 0.6 is 17.2 Å². The van der Waals surface area contributed by atoms with Crippen molar-refractivity contribution in [1.82, 2.24) is 0 Å². The monoisotopic (exact) mass is 668 g/mol. The summed E-state index contributed by atoms with van der Waals surface area (Å²) < 4.78 is 18.2. The van der Waals surface area contributed by atoms with Gasteiger partial charge in [0.15, 0.2) is 0 Å². The van der Waals surface area contributed by atoms with Gasteiger partial charge in [0.1, 0.15) is 11.9 Å². The van der Waals surface area contributed by atoms with E-state index in [4.69, 9.17) is 13.8 Å². The van der Waals surface area contributed by atoms with Gasteiger partial charge in [-0.25, -0.2) is 0 Å². The van der Waals surface area contributed by atoms with Crippen molar-refractivity contribution >= 4 is 17.2 Å². The number of aryl methyl sites for hydroxylation is 6. The normalized spacial score (nSPS) is 12.8. The van der Waals surface area contributed by atoms with E-state index in [1.807, 2.05) is 0 Å². The van der Waals surface area contributed by atoms with E-state index < -0.39 is 35.3 Å². The second kappa shape index (κ2) is 20.9. The van der Waals surface area contributed by atoms with E-state index in [0.29, 0.717) is 0 Å². The predicted octanol–water partition coefficient (Wildman–Crippen LogP) is 8.23. The van der Waals surface area contributed by atoms with Crippen LogP contribution in [0.15, 0.2) is 24.3 Å². The van der Waals surface area contributed by atoms with E-state index in [0.717, 1.165) is 122 Å². The summed E-state index contributed by atoms with van der Waals surface area (Å²) in [6.07, 6.45) is 10.3. The lowest BCUT2D eigenvalue weighted by molar-refractivity contribution is -0.0665. The standard InChI is InChI=1S/C35H58O8P2/c1-7-11-15-28-19-26(5)20-29(16-12-8-2)32(28)34(35(23-36,24-41-44(37)38)25-42-45(39)40)43-33-30(17-13-9-3)21-27(6)22-31(33)18-14-10-4/h19-22,34,36-40H,7-18,23-25H2,1-6H3. The van der Waals surface area contributed by atoms with Crippen LogP contribution in [0.4, 0.5) is 0 Å². The first-order valence-electron chi connectivity index (χ1n) is 16.7. The van der Waals surface area contributed by atoms with Gasteiger partial charge in [0.25, 0.3) is 0 Å². The SMILES string of the molecule is CCCCc1cc(C)cc(CCCC)c1OC(c1c(CCCC)cc(C)cc1CCCC)C(CO)(COP(O)O)COP(O)O. The Labute approximate surface area is 274 Å². The average molecular weight is 669 g/mol. The van der Waals surface area contributed by atoms with Crippen molar-refractivity contribution in [3.8, 4) is 5.75 Å². The second-order valence-corrected chi connectivity index (χ2v) is 13.9. The Kier molecular flexibility index (Phi) is 18.6. The molecule has 0 radical (unpaired) electrons. The van der Waals surface area contributed by atoms with Crippen LogP contribution in [0, 0.1) is 19.3 Å². The molecule has 256 valence electrons. The average Bonchev–Trinajstić information content (AvgIpc) is 3.00. The summed E-state index contributed by atoms with van der Waals surface area (Å²) in [5.74, 6) is 0.777. The minimum Gasteiger partial charge on any atom is -0.484 e. The molecule has 2 rings (SSSR count). The molecule has 8 nitrogen and oxygen atoms in total. The lowest BCUT2D eigenvalue weighted by Gasteiger charge is -2.41. The Morgan fingerprint density at radius 1 is 0.622 bits per heavy atom. The lowest BCUT2D eigenvalue weighted by atomic mass is 9.76. The number of ether oxygens (including phenoxy) is 1. The molecule has 45 heavy (non-hydrogen) atoms. The highest BCUT2D eigenvalue weighted by Gasteiger charge is 2.46. The number of aliphatic hydroxyl groups is 1. The van der Waals surface area contributed by atoms with Crippen molar-refractivity contribution in [3.63, 3.8) is 0 Å². The van der Waals surface area contributed by atoms with Crippen LogP contribution in [0.5, 0.6) is 5.75 Å². The fourth-order valence-electron chi connectivity index (χ4n) is 5.97. The van der Waals surface area contributed by atoms with Gasteiger partial charge in [0.05, 0.1) is 25.2 Å². The van der Waals surface area contributed by atoms with Crippen molar-refractivity contribution in [2.75, 3.05) is 19.8 Å². The summed E-state index contributed by atoms with van der Waals surface area (Å²) >= 11 is 0. The van der Waals surface area contributed by atoms with Gasteiger partial charge in [-0.15, -0.1) is 0 Å². The number of rotatable bonds is 23. The summed E-state index contributed by atoms with van der Waals surface area (Å²) in [5.41, 5.74) is 6.24. The maximum absolute atomic E-state index is 11.2. The van der Waals surface area contributed by atoms with E-state index in [9.17, 15) is 24.7 Å². The molecule has 10 heteroatoms. The van der Waals surface area contributed by atoms with Crippen LogP contribution in [-0.2, 0) is 34.7 Å². The van der Waals surface area contributed by atoms with Gasteiger partial charge in [0, 0.05) is 0 Å². The Balaban J connectivity index is 3.01. The molecule has 1 atom stereocenters. The van der Waals surface area contributed by atoms with Crippen LogP contribution < -0.4 is 4.74 Å². The van der Waals surface area contributed by atoms with Crippen molar-refractivity contribution < 1.29 is 38.5 Å². The largest absolute Gasteiger partial charge is 0.484 e. The molecule has 0 aliphatic rings. The van der Waals surface area contributed by atoms with E-state index in [-0.39, 0.29) is 13.2 Å². The van der Waals surface area contributed by atoms with Gasteiger partial charge in [-0.3, -0.25) is 0 Å². The van der Waals surface area contributed by atoms with Crippen molar-refractivity contribution in [2.24, 2.45) is 5.41 Å². The topological polar surface area (TPSA) is 129 Å². The Morgan fingerprint density at radius 2 is 0.978 bits per heavy atom. The maximum atomic E-state index is 11.2. The highest BCUT2D eigenvalue weighted by molar-refractivity contribution is 7.39. The number of aliphatic hydroxyl groups excluding tert-OH is 1. The molecule has 0 saturated carbocycles. The summed E-state index contributed by atoms with van der Waals surface area (Å²) in [6, 6.07) is 8.72. The van der Waals surface area contributed by atoms with Gasteiger partial charge in [-0.1, -0.05) is 88.8 Å². The zero-order chi connectivity index (χ0) is 33.4. The first-order chi connectivity index (χ1) is 21.5. The molecule has 0 aliphatic heterocycles. The van der Waals surface area contributed by atoms with Crippen LogP contribution in [0.1, 0.15) is 124 Å². The number of unbranched alkanes of at least 4 members (excludes halogenated alkanes) is 4. The van der Waals surface area contributed by atoms with Crippen molar-refractivity contribution in [2.45, 2.75) is 125 Å². The van der Waals surface area contributed by atoms with E-state index in [2.05, 4.69) is 65.8 Å². The molecule has 0 heterocycles. The Bertz CT molecular complexity index is 1070. The van der Waals surface area contributed by atoms with Crippen LogP contribution in [0.3, 0.4) is 0 Å². The highest BCUT2D eigenvalue weighted by atomic mass is 31.2. The van der Waals surface area contributed by atoms with Crippen LogP contribution in [0.25, 0.3) is 0 Å². The number of hydrogen-bond acceptors (Lipinski definition) is 8. The predicted molar refractivity (Wildman–Crippen MR) is 184 cm³/mol. The maximum Gasteiger partial charge on any atom is 0.327 e. The summed E-state index contributed by atoms with van der Waals surface area (Å²) in [4.78, 5) is 39.4. The lowest BCUT2D eigenvalue weighted by Crippen LogP contribution is -2.44. The van der Waals surface area contributed by atoms with Gasteiger partial charge in [-0.2, -0.15) is 0 Å². The molecular weight excluding hydrogens is 610 g/mol. The summed E-state index contributed by atoms with van der Waals surface area (Å²) in [6.45, 7) is 11.7. The van der Waals surface area contributed by atoms with Crippen molar-refractivity contribution in [3.05, 3.63) is 63.2 Å². The molecule has 0 bridgehead atoms. The Hall–Kier alpha value is -1.18. The van der Waals surface area contributed by atoms with Gasteiger partial charge < -0.3 is 38.5 Å². The molecule has 1 unspecified atom stereocenters. The molecule has 0 aromatic heterocycles. The quantitative estimate of drug-likeness (QED) is 0.0750. The first-order valence-corrected chi connectivity index (χ1v) is 19.0. The van der Waals surface area contributed by atoms with E-state index in [1.54, 1.807) is 0 Å². The molecule has 0 amide bonds. The third-order valence-electron chi connectivity index (χ3n) is 8.39. The minimum absolute atomic E-state index is 0.329. The molecule has 0 aliphatic carbocycles. The van der Waals surface area contributed by atoms with Gasteiger partial charge in [-0.05, 0) is 93.0 Å². The Morgan fingerprint density at radius 3 is 1.31 bits per heavy atom. The molecule has 0 fully saturated rings. The zero-order valence-electron chi connectivity index (χ0n) is 28.3. The van der Waals surface area contributed by atoms with E-state index in [1.165, 1.54) is 0 Å². The van der Waals surface area contributed by atoms with Crippen LogP contribution in [0.2, 0.25) is 0 Å². The smallest absolute Gasteiger partial charge is 0.327 e. The third-order valence-corrected chi connectivity index (χ3v) is 9.11. The van der Waals surface area contributed by atoms with Crippen molar-refractivity contribution in [1.29, 1.82) is 0 Å². The van der Waals surface area contributed by atoms with Crippen LogP contribution in [-0.4, -0.2) is 44.5 Å². The molecule has 2 aromatic rings.